The van der Waals surface area contributed by atoms with E-state index >= 15 is 0 Å². The van der Waals surface area contributed by atoms with Crippen LogP contribution in [0.2, 0.25) is 0 Å². The monoisotopic (exact) mass is 1300 g/mol. The van der Waals surface area contributed by atoms with Crippen molar-refractivity contribution in [1.82, 2.24) is 58.1 Å². The fourth-order valence-electron chi connectivity index (χ4n) is 9.50. The third kappa shape index (κ3) is 13.4. The van der Waals surface area contributed by atoms with Crippen LogP contribution >= 0.6 is 31.3 Å². The van der Waals surface area contributed by atoms with Crippen molar-refractivity contribution in [3.8, 4) is 0 Å². The Morgan fingerprint density at radius 2 is 1.15 bits per heavy atom. The van der Waals surface area contributed by atoms with Gasteiger partial charge in [0.05, 0.1) is 39.1 Å². The van der Waals surface area contributed by atoms with E-state index in [4.69, 9.17) is 63.3 Å². The first kappa shape index (κ1) is 63.0. The predicted octanol–water partition coefficient (Wildman–Crippen LogP) is -5.14. The number of ether oxygens (including phenoxy) is 4. The number of H-pyrrole nitrogens is 2. The number of aromatic nitrogens is 12. The largest absolute Gasteiger partial charge is 0.472 e. The smallest absolute Gasteiger partial charge is 0.387 e. The Morgan fingerprint density at radius 1 is 0.605 bits per heavy atom. The first-order valence-corrected chi connectivity index (χ1v) is 30.7. The molecule has 0 radical (unpaired) electrons. The van der Waals surface area contributed by atoms with Crippen LogP contribution in [0.25, 0.3) is 22.3 Å². The molecular weight excluding hydrogens is 1250 g/mol. The topological polar surface area (TPSA) is 627 Å². The second-order valence-corrected chi connectivity index (χ2v) is 24.7. The van der Waals surface area contributed by atoms with Gasteiger partial charge in [0.25, 0.3) is 11.1 Å². The third-order valence-electron chi connectivity index (χ3n) is 13.5. The van der Waals surface area contributed by atoms with Crippen LogP contribution in [-0.2, 0) is 68.9 Å². The lowest BCUT2D eigenvalue weighted by Crippen LogP contribution is -2.38. The van der Waals surface area contributed by atoms with Gasteiger partial charge in [-0.15, -0.1) is 0 Å². The molecule has 0 saturated carbocycles. The van der Waals surface area contributed by atoms with Crippen LogP contribution in [0.5, 0.6) is 0 Å². The standard InChI is InChI=1S/C39H51N15O28P4/c1-13-5-52(39(62)50-32(13)59)20-4-14(15(76-20)6-73-85(68,69)81-27-17(8-72-83(63,64)65)78-35(25(27)57)51-3-2-19(40)47-38(51)61)80-84(66,67)75-9-18-28(26(58)36(79-18)54-12-46-22-31(54)48-37(42)49-33(22)60)82-86(70,71)74-7-16-23(55)24(56)34(77-16)53-11-45-21-29(41)43-10-44-30(21)53/h2-3,5,10-12,14-18,20,23-28,34-36,55-58H,4,6-9H2,1H3,(H,66,67)(H,68,69)(H,70,71)(H2,40,47,61)(H2,41,43,44)(H,50,59,62)(H2,63,64,65)(H3,42,48,49,60)/t14-,15+,16+,17+,18+,20+,23+,24+,25+,26+,27+,28+,34+,35+,36+/m0/s1. The highest BCUT2D eigenvalue weighted by Crippen LogP contribution is 2.54. The van der Waals surface area contributed by atoms with Gasteiger partial charge >= 0.3 is 42.7 Å². The predicted molar refractivity (Wildman–Crippen MR) is 275 cm³/mol. The van der Waals surface area contributed by atoms with E-state index in [9.17, 15) is 82.3 Å². The van der Waals surface area contributed by atoms with E-state index in [1.807, 2.05) is 4.98 Å². The van der Waals surface area contributed by atoms with E-state index in [2.05, 4.69) is 39.4 Å². The van der Waals surface area contributed by atoms with E-state index in [-0.39, 0.29) is 39.5 Å². The molecule has 47 heteroatoms. The number of hydrogen-bond donors (Lipinski definition) is 14. The molecule has 4 aliphatic rings. The Bertz CT molecular complexity index is 3970. The summed E-state index contributed by atoms with van der Waals surface area (Å²) in [5, 5.41) is 44.8. The molecule has 10 heterocycles. The molecule has 18 atom stereocenters. The average molecular weight is 1300 g/mol. The number of aliphatic hydroxyl groups is 4. The van der Waals surface area contributed by atoms with Crippen molar-refractivity contribution in [2.75, 3.05) is 43.6 Å². The molecule has 6 aromatic heterocycles. The van der Waals surface area contributed by atoms with Crippen molar-refractivity contribution in [2.45, 2.75) is 105 Å². The Labute approximate surface area is 475 Å². The van der Waals surface area contributed by atoms with Crippen LogP contribution in [0.3, 0.4) is 0 Å². The fraction of sp³-hybridized carbons (Fsp3) is 0.538. The number of nitrogen functional groups attached to an aromatic ring is 3. The van der Waals surface area contributed by atoms with Crippen LogP contribution in [0.15, 0.2) is 56.6 Å². The number of anilines is 3. The third-order valence-corrected chi connectivity index (χ3v) is 17.0. The first-order chi connectivity index (χ1) is 40.4. The number of phosphoric ester groups is 4. The minimum atomic E-state index is -5.64. The summed E-state index contributed by atoms with van der Waals surface area (Å²) in [6, 6.07) is 1.11. The maximum absolute atomic E-state index is 14.0. The molecule has 0 spiro atoms. The van der Waals surface area contributed by atoms with Crippen LogP contribution in [0.1, 0.15) is 36.9 Å². The molecule has 4 aliphatic heterocycles. The number of rotatable bonds is 22. The van der Waals surface area contributed by atoms with Gasteiger partial charge in [-0.3, -0.25) is 69.5 Å². The molecule has 0 aromatic carbocycles. The molecule has 0 aliphatic carbocycles. The highest BCUT2D eigenvalue weighted by molar-refractivity contribution is 7.48. The zero-order valence-electron chi connectivity index (χ0n) is 43.4. The fourth-order valence-corrected chi connectivity index (χ4v) is 12.7. The van der Waals surface area contributed by atoms with E-state index in [1.165, 1.54) is 17.8 Å². The number of hydrogen-bond acceptors (Lipinski definition) is 32. The van der Waals surface area contributed by atoms with Crippen molar-refractivity contribution in [3.63, 3.8) is 0 Å². The van der Waals surface area contributed by atoms with E-state index in [1.54, 1.807) is 0 Å². The molecule has 86 heavy (non-hydrogen) atoms. The number of nitrogens with two attached hydrogens (primary N) is 3. The quantitative estimate of drug-likeness (QED) is 0.0283. The van der Waals surface area contributed by atoms with Crippen LogP contribution in [0.4, 0.5) is 17.6 Å². The summed E-state index contributed by atoms with van der Waals surface area (Å²) >= 11 is 0. The second-order valence-electron chi connectivity index (χ2n) is 19.3. The van der Waals surface area contributed by atoms with Gasteiger partial charge < -0.3 is 81.0 Å². The van der Waals surface area contributed by atoms with Crippen LogP contribution < -0.4 is 39.7 Å². The molecule has 43 nitrogen and oxygen atoms in total. The highest BCUT2D eigenvalue weighted by atomic mass is 31.2. The Kier molecular flexibility index (Phi) is 17.7. The zero-order valence-corrected chi connectivity index (χ0v) is 47.0. The summed E-state index contributed by atoms with van der Waals surface area (Å²) in [4.78, 5) is 131. The van der Waals surface area contributed by atoms with Gasteiger partial charge in [0.1, 0.15) is 91.0 Å². The number of imidazole rings is 2. The number of aryl methyl sites for hydroxylation is 1. The van der Waals surface area contributed by atoms with Gasteiger partial charge in [0.2, 0.25) is 5.95 Å². The second kappa shape index (κ2) is 24.2. The van der Waals surface area contributed by atoms with Crippen LogP contribution in [-0.4, -0.2) is 197 Å². The highest BCUT2D eigenvalue weighted by Gasteiger charge is 2.54. The van der Waals surface area contributed by atoms with Crippen molar-refractivity contribution >= 4 is 71.2 Å². The number of phosphoric acid groups is 4. The first-order valence-electron chi connectivity index (χ1n) is 24.7. The summed E-state index contributed by atoms with van der Waals surface area (Å²) in [6.45, 7) is -3.23. The maximum atomic E-state index is 14.0. The molecule has 6 aromatic rings. The van der Waals surface area contributed by atoms with Crippen molar-refractivity contribution in [1.29, 1.82) is 0 Å². The summed E-state index contributed by atoms with van der Waals surface area (Å²) < 4.78 is 116. The Morgan fingerprint density at radius 3 is 1.78 bits per heavy atom. The minimum Gasteiger partial charge on any atom is -0.387 e. The number of nitrogens with zero attached hydrogens (tertiary/aromatic N) is 10. The molecule has 10 rings (SSSR count). The molecule has 4 fully saturated rings. The Balaban J connectivity index is 0.863. The number of aromatic amines is 2. The van der Waals surface area contributed by atoms with Gasteiger partial charge in [0, 0.05) is 24.4 Å². The lowest BCUT2D eigenvalue weighted by atomic mass is 10.1. The molecule has 0 bridgehead atoms. The van der Waals surface area contributed by atoms with E-state index < -0.39 is 185 Å². The van der Waals surface area contributed by atoms with Crippen LogP contribution in [0, 0.1) is 6.92 Å². The average Bonchev–Trinajstić information content (AvgIpc) is 1.77. The maximum Gasteiger partial charge on any atom is 0.472 e. The lowest BCUT2D eigenvalue weighted by molar-refractivity contribution is -0.0639. The lowest BCUT2D eigenvalue weighted by Gasteiger charge is -2.26. The summed E-state index contributed by atoms with van der Waals surface area (Å²) in [5.74, 6) is -0.716. The minimum absolute atomic E-state index is 0.0240. The summed E-state index contributed by atoms with van der Waals surface area (Å²) in [7, 11) is -22.1. The normalized spacial score (nSPS) is 30.9. The molecule has 3 unspecified atom stereocenters. The molecule has 0 amide bonds. The number of fused-ring (bicyclic) bond motifs is 2. The van der Waals surface area contributed by atoms with Gasteiger partial charge in [-0.1, -0.05) is 0 Å². The summed E-state index contributed by atoms with van der Waals surface area (Å²) in [6.07, 6.45) is -23.0. The van der Waals surface area contributed by atoms with Gasteiger partial charge in [0.15, 0.2) is 41.3 Å². The molecular formula is C39H51N15O28P4. The van der Waals surface area contributed by atoms with Crippen molar-refractivity contribution < 1.29 is 114 Å². The van der Waals surface area contributed by atoms with E-state index in [0.717, 1.165) is 40.2 Å². The van der Waals surface area contributed by atoms with E-state index in [0.29, 0.717) is 4.57 Å². The van der Waals surface area contributed by atoms with Gasteiger partial charge in [-0.25, -0.2) is 47.8 Å². The van der Waals surface area contributed by atoms with Gasteiger partial charge in [-0.2, -0.15) is 9.97 Å². The Hall–Kier alpha value is -6.02. The zero-order chi connectivity index (χ0) is 62.1. The molecule has 4 saturated heterocycles. The van der Waals surface area contributed by atoms with Crippen molar-refractivity contribution in [3.05, 3.63) is 84.7 Å². The molecule has 470 valence electrons. The SMILES string of the molecule is Cc1cn([C@H]2C[C@H](OP(=O)(O)OC[C@H]3O[C@@H](n4cnc5c(=O)[nH]c(N)nc54)[C@H](O)[C@@H]3OP(=O)(O)OC[C@H]3O[C@@H](n4cnc5c(N)ncnc54)[C@H](O)[C@@H]3O)[C@@H](COP(=O)(O)O[C@H]3[C@@H](O)[C@H](n4ccc(N)nc4=O)O[C@@H]3COP(=O)(O)O)O2)c(=O)[nH]c1=O. The van der Waals surface area contributed by atoms with Gasteiger partial charge in [-0.05, 0) is 13.0 Å². The number of aliphatic hydroxyl groups excluding tert-OH is 4. The van der Waals surface area contributed by atoms with Crippen molar-refractivity contribution in [2.24, 2.45) is 0 Å². The number of nitrogens with one attached hydrogen (secondary N) is 2. The summed E-state index contributed by atoms with van der Waals surface area (Å²) in [5.41, 5.74) is 12.8. The molecule has 17 N–H and O–H groups in total.